The highest BCUT2D eigenvalue weighted by molar-refractivity contribution is 5.96. The summed E-state index contributed by atoms with van der Waals surface area (Å²) in [5.41, 5.74) is 7.26. The average molecular weight is 264 g/mol. The number of aromatic amines is 1. The van der Waals surface area contributed by atoms with Crippen LogP contribution in [0.3, 0.4) is 0 Å². The summed E-state index contributed by atoms with van der Waals surface area (Å²) < 4.78 is 5.58. The standard InChI is InChI=1S/C17H16N2O/c1-2-12-20-16-10-9-15(19-16)17(13-6-3-4-7-13)14-8-5-11-18-14/h3-6,8-11,18H,2,12H2,1H3/b17-15-. The number of hydrogen-bond acceptors (Lipinski definition) is 2. The van der Waals surface area contributed by atoms with Gasteiger partial charge in [-0.2, -0.15) is 0 Å². The third kappa shape index (κ3) is 2.44. The van der Waals surface area contributed by atoms with E-state index >= 15 is 0 Å². The molecule has 1 aromatic rings. The topological polar surface area (TPSA) is 37.4 Å². The zero-order chi connectivity index (χ0) is 13.8. The maximum Gasteiger partial charge on any atom is 0.213 e. The van der Waals surface area contributed by atoms with Crippen LogP contribution in [0.25, 0.3) is 5.57 Å². The summed E-state index contributed by atoms with van der Waals surface area (Å²) in [6.45, 7) is 2.77. The van der Waals surface area contributed by atoms with Crippen LogP contribution in [0.15, 0.2) is 70.7 Å². The van der Waals surface area contributed by atoms with Crippen LogP contribution in [0.1, 0.15) is 19.0 Å². The van der Waals surface area contributed by atoms with E-state index in [0.717, 1.165) is 29.0 Å². The number of allylic oxidation sites excluding steroid dienone is 5. The van der Waals surface area contributed by atoms with Gasteiger partial charge in [-0.25, -0.2) is 4.99 Å². The molecule has 3 nitrogen and oxygen atoms in total. The lowest BCUT2D eigenvalue weighted by atomic mass is 10.0. The van der Waals surface area contributed by atoms with E-state index in [1.165, 1.54) is 0 Å². The average Bonchev–Trinajstić information content (AvgIpc) is 3.21. The summed E-state index contributed by atoms with van der Waals surface area (Å²) in [6.07, 6.45) is 12.7. The number of nitrogens with zero attached hydrogens (tertiary/aromatic N) is 1. The van der Waals surface area contributed by atoms with E-state index in [9.17, 15) is 0 Å². The van der Waals surface area contributed by atoms with Gasteiger partial charge < -0.3 is 9.72 Å². The summed E-state index contributed by atoms with van der Waals surface area (Å²) in [5, 5.41) is 0. The molecule has 0 amide bonds. The molecule has 0 fully saturated rings. The van der Waals surface area contributed by atoms with Gasteiger partial charge in [0.25, 0.3) is 0 Å². The van der Waals surface area contributed by atoms with E-state index < -0.39 is 0 Å². The highest BCUT2D eigenvalue weighted by Gasteiger charge is 2.16. The molecule has 1 N–H and O–H groups in total. The zero-order valence-electron chi connectivity index (χ0n) is 11.4. The largest absolute Gasteiger partial charge is 0.478 e. The number of aromatic nitrogens is 1. The molecule has 2 heterocycles. The lowest BCUT2D eigenvalue weighted by molar-refractivity contribution is 0.308. The fraction of sp³-hybridized carbons (Fsp3) is 0.176. The summed E-state index contributed by atoms with van der Waals surface area (Å²) in [5.74, 6) is 0.678. The van der Waals surface area contributed by atoms with Crippen molar-refractivity contribution >= 4 is 11.5 Å². The minimum atomic E-state index is 0.678. The molecule has 1 aliphatic carbocycles. The monoisotopic (exact) mass is 264 g/mol. The highest BCUT2D eigenvalue weighted by Crippen LogP contribution is 2.30. The summed E-state index contributed by atoms with van der Waals surface area (Å²) in [6, 6.07) is 4.02. The van der Waals surface area contributed by atoms with E-state index in [0.29, 0.717) is 12.5 Å². The quantitative estimate of drug-likeness (QED) is 0.826. The molecule has 1 aliphatic heterocycles. The van der Waals surface area contributed by atoms with Gasteiger partial charge in [-0.05, 0) is 36.8 Å². The number of H-pyrrole nitrogens is 1. The first-order valence-electron chi connectivity index (χ1n) is 6.80. The van der Waals surface area contributed by atoms with Crippen molar-refractivity contribution in [1.82, 2.24) is 4.98 Å². The van der Waals surface area contributed by atoms with Gasteiger partial charge in [0.15, 0.2) is 0 Å². The van der Waals surface area contributed by atoms with Crippen molar-refractivity contribution in [3.8, 4) is 0 Å². The SMILES string of the molecule is CCCOC1=N/C(=C(/C2=C=CC=C2)c2ccc[nH]2)C=C1. The fourth-order valence-corrected chi connectivity index (χ4v) is 2.16. The Morgan fingerprint density at radius 2 is 2.30 bits per heavy atom. The molecule has 0 atom stereocenters. The van der Waals surface area contributed by atoms with Gasteiger partial charge in [0.1, 0.15) is 0 Å². The molecule has 0 unspecified atom stereocenters. The van der Waals surface area contributed by atoms with Crippen LogP contribution in [-0.2, 0) is 4.74 Å². The first-order valence-corrected chi connectivity index (χ1v) is 6.80. The van der Waals surface area contributed by atoms with Crippen molar-refractivity contribution in [3.05, 3.63) is 71.4 Å². The van der Waals surface area contributed by atoms with Gasteiger partial charge in [0.05, 0.1) is 12.3 Å². The predicted octanol–water partition coefficient (Wildman–Crippen LogP) is 3.77. The van der Waals surface area contributed by atoms with Crippen LogP contribution in [0.4, 0.5) is 0 Å². The molecule has 3 heteroatoms. The summed E-state index contributed by atoms with van der Waals surface area (Å²) >= 11 is 0. The molecule has 0 spiro atoms. The molecule has 3 rings (SSSR count). The molecule has 100 valence electrons. The molecule has 1 aromatic heterocycles. The Kier molecular flexibility index (Phi) is 3.53. The first-order chi connectivity index (χ1) is 9.88. The molecule has 0 bridgehead atoms. The lowest BCUT2D eigenvalue weighted by Crippen LogP contribution is -1.99. The van der Waals surface area contributed by atoms with Crippen molar-refractivity contribution in [2.24, 2.45) is 4.99 Å². The van der Waals surface area contributed by atoms with Gasteiger partial charge in [-0.1, -0.05) is 13.0 Å². The minimum Gasteiger partial charge on any atom is -0.478 e. The van der Waals surface area contributed by atoms with Gasteiger partial charge in [-0.15, -0.1) is 5.73 Å². The summed E-state index contributed by atoms with van der Waals surface area (Å²) in [7, 11) is 0. The number of nitrogens with one attached hydrogen (secondary N) is 1. The number of ether oxygens (including phenoxy) is 1. The maximum atomic E-state index is 5.58. The molecule has 0 radical (unpaired) electrons. The van der Waals surface area contributed by atoms with Gasteiger partial charge >= 0.3 is 0 Å². The van der Waals surface area contributed by atoms with Gasteiger partial charge in [0, 0.05) is 29.1 Å². The van der Waals surface area contributed by atoms with Crippen LogP contribution in [0.2, 0.25) is 0 Å². The molecule has 0 aromatic carbocycles. The number of aliphatic imine (C=N–C) groups is 1. The van der Waals surface area contributed by atoms with E-state index in [1.54, 1.807) is 0 Å². The van der Waals surface area contributed by atoms with E-state index in [2.05, 4.69) is 22.6 Å². The molecule has 20 heavy (non-hydrogen) atoms. The number of hydrogen-bond donors (Lipinski definition) is 1. The summed E-state index contributed by atoms with van der Waals surface area (Å²) in [4.78, 5) is 7.80. The van der Waals surface area contributed by atoms with Crippen molar-refractivity contribution < 1.29 is 4.74 Å². The van der Waals surface area contributed by atoms with Crippen molar-refractivity contribution in [2.45, 2.75) is 13.3 Å². The Hall–Kier alpha value is -2.51. The Morgan fingerprint density at radius 1 is 1.35 bits per heavy atom. The molecule has 2 aliphatic rings. The van der Waals surface area contributed by atoms with E-state index in [-0.39, 0.29) is 0 Å². The zero-order valence-corrected chi connectivity index (χ0v) is 11.4. The Labute approximate surface area is 118 Å². The second-order valence-electron chi connectivity index (χ2n) is 4.56. The third-order valence-electron chi connectivity index (χ3n) is 3.06. The first kappa shape index (κ1) is 12.5. The second-order valence-corrected chi connectivity index (χ2v) is 4.56. The van der Waals surface area contributed by atoms with E-state index in [1.807, 2.05) is 48.7 Å². The smallest absolute Gasteiger partial charge is 0.213 e. The predicted molar refractivity (Wildman–Crippen MR) is 81.3 cm³/mol. The van der Waals surface area contributed by atoms with Gasteiger partial charge in [0.2, 0.25) is 5.90 Å². The Morgan fingerprint density at radius 3 is 3.00 bits per heavy atom. The molecular formula is C17H16N2O. The maximum absolute atomic E-state index is 5.58. The lowest BCUT2D eigenvalue weighted by Gasteiger charge is -2.06. The molecular weight excluding hydrogens is 248 g/mol. The molecule has 0 saturated carbocycles. The Bertz CT molecular complexity index is 679. The normalized spacial score (nSPS) is 18.4. The van der Waals surface area contributed by atoms with Crippen molar-refractivity contribution in [1.29, 1.82) is 0 Å². The van der Waals surface area contributed by atoms with Crippen LogP contribution in [0, 0.1) is 0 Å². The third-order valence-corrected chi connectivity index (χ3v) is 3.06. The van der Waals surface area contributed by atoms with E-state index in [4.69, 9.17) is 4.74 Å². The highest BCUT2D eigenvalue weighted by atomic mass is 16.5. The van der Waals surface area contributed by atoms with Crippen LogP contribution in [0.5, 0.6) is 0 Å². The minimum absolute atomic E-state index is 0.678. The fourth-order valence-electron chi connectivity index (χ4n) is 2.16. The van der Waals surface area contributed by atoms with Crippen molar-refractivity contribution in [2.75, 3.05) is 6.61 Å². The number of rotatable bonds is 4. The van der Waals surface area contributed by atoms with Crippen LogP contribution < -0.4 is 0 Å². The van der Waals surface area contributed by atoms with Crippen LogP contribution in [-0.4, -0.2) is 17.5 Å². The van der Waals surface area contributed by atoms with Gasteiger partial charge in [-0.3, -0.25) is 0 Å². The molecule has 0 saturated heterocycles. The Balaban J connectivity index is 2.01. The van der Waals surface area contributed by atoms with Crippen LogP contribution >= 0.6 is 0 Å². The second kappa shape index (κ2) is 5.64. The van der Waals surface area contributed by atoms with Crippen molar-refractivity contribution in [3.63, 3.8) is 0 Å².